The second-order valence-corrected chi connectivity index (χ2v) is 3.99. The maximum atomic E-state index is 5.86. The molecule has 1 aliphatic heterocycles. The Kier molecular flexibility index (Phi) is 2.12. The number of rotatable bonds is 1. The van der Waals surface area contributed by atoms with Gasteiger partial charge in [-0.05, 0) is 24.8 Å². The third-order valence-corrected chi connectivity index (χ3v) is 3.24. The Morgan fingerprint density at radius 3 is 2.54 bits per heavy atom. The molecule has 0 aliphatic carbocycles. The topological polar surface area (TPSA) is 37.9 Å². The molecule has 4 atom stereocenters. The van der Waals surface area contributed by atoms with Gasteiger partial charge >= 0.3 is 0 Å². The van der Waals surface area contributed by atoms with Crippen molar-refractivity contribution in [1.82, 2.24) is 10.2 Å². The molecule has 1 aliphatic rings. The van der Waals surface area contributed by atoms with Gasteiger partial charge in [-0.2, -0.15) is 5.10 Å². The van der Waals surface area contributed by atoms with Gasteiger partial charge in [-0.3, -0.25) is 5.10 Å². The molecule has 0 aromatic carbocycles. The summed E-state index contributed by atoms with van der Waals surface area (Å²) in [4.78, 5) is 0. The lowest BCUT2D eigenvalue weighted by Gasteiger charge is -2.13. The molecule has 1 aromatic rings. The number of H-pyrrole nitrogens is 1. The van der Waals surface area contributed by atoms with Gasteiger partial charge in [0.15, 0.2) is 0 Å². The maximum absolute atomic E-state index is 5.86. The Hall–Kier alpha value is -0.830. The van der Waals surface area contributed by atoms with Crippen LogP contribution in [0, 0.1) is 11.8 Å². The van der Waals surface area contributed by atoms with Crippen molar-refractivity contribution < 1.29 is 4.74 Å². The van der Waals surface area contributed by atoms with Crippen LogP contribution in [0.25, 0.3) is 0 Å². The summed E-state index contributed by atoms with van der Waals surface area (Å²) in [6.07, 6.45) is 2.33. The van der Waals surface area contributed by atoms with Crippen molar-refractivity contribution in [3.63, 3.8) is 0 Å². The summed E-state index contributed by atoms with van der Waals surface area (Å²) < 4.78 is 5.86. The third kappa shape index (κ3) is 1.37. The number of aromatic amines is 1. The third-order valence-electron chi connectivity index (χ3n) is 3.24. The van der Waals surface area contributed by atoms with Crippen LogP contribution in [0.1, 0.15) is 32.6 Å². The Bertz CT molecular complexity index is 270. The molecule has 1 unspecified atom stereocenters. The zero-order chi connectivity index (χ0) is 9.42. The van der Waals surface area contributed by atoms with Gasteiger partial charge < -0.3 is 4.74 Å². The molecule has 2 heterocycles. The van der Waals surface area contributed by atoms with E-state index in [0.29, 0.717) is 17.9 Å². The highest BCUT2D eigenvalue weighted by molar-refractivity contribution is 5.06. The van der Waals surface area contributed by atoms with Crippen molar-refractivity contribution in [2.45, 2.75) is 33.0 Å². The number of ether oxygens (including phenoxy) is 1. The summed E-state index contributed by atoms with van der Waals surface area (Å²) in [5, 5.41) is 6.92. The molecule has 1 fully saturated rings. The standard InChI is InChI=1S/C10H16N2O/c1-6-7(2)10(13-8(6)3)9-4-5-11-12-9/h4-8,10H,1-3H3,(H,11,12)/t6-,7+,8+,10?/m1/s1. The molecule has 2 rings (SSSR count). The fraction of sp³-hybridized carbons (Fsp3) is 0.700. The number of nitrogens with zero attached hydrogens (tertiary/aromatic N) is 1. The van der Waals surface area contributed by atoms with E-state index < -0.39 is 0 Å². The molecule has 0 saturated carbocycles. The molecule has 72 valence electrons. The van der Waals surface area contributed by atoms with Gasteiger partial charge in [0.2, 0.25) is 0 Å². The van der Waals surface area contributed by atoms with Gasteiger partial charge in [0, 0.05) is 6.20 Å². The summed E-state index contributed by atoms with van der Waals surface area (Å²) in [6, 6.07) is 1.99. The van der Waals surface area contributed by atoms with Gasteiger partial charge in [-0.15, -0.1) is 0 Å². The van der Waals surface area contributed by atoms with Crippen LogP contribution in [0.15, 0.2) is 12.3 Å². The van der Waals surface area contributed by atoms with E-state index in [2.05, 4.69) is 31.0 Å². The van der Waals surface area contributed by atoms with E-state index in [1.165, 1.54) is 0 Å². The Morgan fingerprint density at radius 2 is 2.08 bits per heavy atom. The van der Waals surface area contributed by atoms with Crippen LogP contribution in [0.4, 0.5) is 0 Å². The second-order valence-electron chi connectivity index (χ2n) is 3.99. The van der Waals surface area contributed by atoms with E-state index >= 15 is 0 Å². The molecule has 3 heteroatoms. The molecule has 0 spiro atoms. The first-order valence-electron chi connectivity index (χ1n) is 4.85. The molecule has 0 bridgehead atoms. The van der Waals surface area contributed by atoms with E-state index in [0.717, 1.165) is 5.69 Å². The average molecular weight is 180 g/mol. The monoisotopic (exact) mass is 180 g/mol. The van der Waals surface area contributed by atoms with Crippen LogP contribution in [0.2, 0.25) is 0 Å². The average Bonchev–Trinajstić information content (AvgIpc) is 2.70. The normalized spacial score (nSPS) is 39.6. The van der Waals surface area contributed by atoms with Crippen molar-refractivity contribution >= 4 is 0 Å². The van der Waals surface area contributed by atoms with Gasteiger partial charge in [-0.25, -0.2) is 0 Å². The molecule has 0 amide bonds. The van der Waals surface area contributed by atoms with Crippen LogP contribution in [0.5, 0.6) is 0 Å². The molecule has 3 nitrogen and oxygen atoms in total. The fourth-order valence-electron chi connectivity index (χ4n) is 1.96. The molecule has 1 aromatic heterocycles. The SMILES string of the molecule is C[C@H]1[C@H](C)OC(c2ccn[nH]2)[C@H]1C. The van der Waals surface area contributed by atoms with Gasteiger partial charge in [0.25, 0.3) is 0 Å². The summed E-state index contributed by atoms with van der Waals surface area (Å²) in [6.45, 7) is 6.61. The van der Waals surface area contributed by atoms with E-state index in [1.54, 1.807) is 6.20 Å². The lowest BCUT2D eigenvalue weighted by Crippen LogP contribution is -2.11. The molecule has 1 N–H and O–H groups in total. The van der Waals surface area contributed by atoms with Crippen LogP contribution in [-0.2, 0) is 4.74 Å². The van der Waals surface area contributed by atoms with Crippen LogP contribution in [-0.4, -0.2) is 16.3 Å². The van der Waals surface area contributed by atoms with Crippen LogP contribution in [0.3, 0.4) is 0 Å². The first-order chi connectivity index (χ1) is 6.20. The predicted octanol–water partition coefficient (Wildman–Crippen LogP) is 2.14. The minimum absolute atomic E-state index is 0.201. The zero-order valence-corrected chi connectivity index (χ0v) is 8.32. The number of hydrogen-bond acceptors (Lipinski definition) is 2. The van der Waals surface area contributed by atoms with E-state index in [4.69, 9.17) is 4.74 Å². The van der Waals surface area contributed by atoms with Crippen molar-refractivity contribution in [3.8, 4) is 0 Å². The first-order valence-corrected chi connectivity index (χ1v) is 4.85. The first kappa shape index (κ1) is 8.75. The van der Waals surface area contributed by atoms with Crippen molar-refractivity contribution in [3.05, 3.63) is 18.0 Å². The highest BCUT2D eigenvalue weighted by atomic mass is 16.5. The molecule has 1 saturated heterocycles. The van der Waals surface area contributed by atoms with E-state index in [9.17, 15) is 0 Å². The zero-order valence-electron chi connectivity index (χ0n) is 8.32. The van der Waals surface area contributed by atoms with E-state index in [1.807, 2.05) is 6.07 Å². The predicted molar refractivity (Wildman–Crippen MR) is 50.2 cm³/mol. The maximum Gasteiger partial charge on any atom is 0.102 e. The molecular weight excluding hydrogens is 164 g/mol. The summed E-state index contributed by atoms with van der Waals surface area (Å²) >= 11 is 0. The highest BCUT2D eigenvalue weighted by Crippen LogP contribution is 2.40. The minimum Gasteiger partial charge on any atom is -0.368 e. The van der Waals surface area contributed by atoms with E-state index in [-0.39, 0.29) is 6.10 Å². The van der Waals surface area contributed by atoms with Crippen molar-refractivity contribution in [1.29, 1.82) is 0 Å². The number of hydrogen-bond donors (Lipinski definition) is 1. The second kappa shape index (κ2) is 3.14. The number of nitrogens with one attached hydrogen (secondary N) is 1. The summed E-state index contributed by atoms with van der Waals surface area (Å²) in [5.41, 5.74) is 1.10. The lowest BCUT2D eigenvalue weighted by atomic mass is 9.90. The summed E-state index contributed by atoms with van der Waals surface area (Å²) in [5.74, 6) is 1.18. The summed E-state index contributed by atoms with van der Waals surface area (Å²) in [7, 11) is 0. The van der Waals surface area contributed by atoms with Crippen molar-refractivity contribution in [2.24, 2.45) is 11.8 Å². The molecular formula is C10H16N2O. The fourth-order valence-corrected chi connectivity index (χ4v) is 1.96. The number of aromatic nitrogens is 2. The van der Waals surface area contributed by atoms with Crippen LogP contribution < -0.4 is 0 Å². The minimum atomic E-state index is 0.201. The van der Waals surface area contributed by atoms with Crippen molar-refractivity contribution in [2.75, 3.05) is 0 Å². The smallest absolute Gasteiger partial charge is 0.102 e. The molecule has 13 heavy (non-hydrogen) atoms. The lowest BCUT2D eigenvalue weighted by molar-refractivity contribution is 0.0380. The Labute approximate surface area is 78.5 Å². The Balaban J connectivity index is 2.19. The highest BCUT2D eigenvalue weighted by Gasteiger charge is 2.37. The molecule has 0 radical (unpaired) electrons. The van der Waals surface area contributed by atoms with Gasteiger partial charge in [0.1, 0.15) is 6.10 Å². The largest absolute Gasteiger partial charge is 0.368 e. The van der Waals surface area contributed by atoms with Gasteiger partial charge in [-0.1, -0.05) is 13.8 Å². The quantitative estimate of drug-likeness (QED) is 0.719. The van der Waals surface area contributed by atoms with Crippen LogP contribution >= 0.6 is 0 Å². The van der Waals surface area contributed by atoms with Gasteiger partial charge in [0.05, 0.1) is 11.8 Å². The Morgan fingerprint density at radius 1 is 1.31 bits per heavy atom.